The van der Waals surface area contributed by atoms with E-state index in [1.165, 1.54) is 18.6 Å². The quantitative estimate of drug-likeness (QED) is 0.878. The Morgan fingerprint density at radius 3 is 3.06 bits per heavy atom. The minimum Gasteiger partial charge on any atom is -0.310 e. The summed E-state index contributed by atoms with van der Waals surface area (Å²) >= 11 is 1.91. The zero-order chi connectivity index (χ0) is 13.0. The van der Waals surface area contributed by atoms with Gasteiger partial charge in [-0.15, -0.1) is 0 Å². The predicted molar refractivity (Wildman–Crippen MR) is 75.9 cm³/mol. The summed E-state index contributed by atoms with van der Waals surface area (Å²) < 4.78 is 0. The van der Waals surface area contributed by atoms with E-state index in [9.17, 15) is 4.79 Å². The van der Waals surface area contributed by atoms with E-state index in [1.807, 2.05) is 11.8 Å². The molecule has 18 heavy (non-hydrogen) atoms. The van der Waals surface area contributed by atoms with Crippen molar-refractivity contribution in [1.82, 2.24) is 15.3 Å². The van der Waals surface area contributed by atoms with Gasteiger partial charge in [0.25, 0.3) is 5.56 Å². The van der Waals surface area contributed by atoms with Crippen molar-refractivity contribution < 1.29 is 0 Å². The summed E-state index contributed by atoms with van der Waals surface area (Å²) in [7, 11) is 0. The van der Waals surface area contributed by atoms with Crippen LogP contribution in [0.3, 0.4) is 0 Å². The second kappa shape index (κ2) is 6.38. The monoisotopic (exact) mass is 267 g/mol. The normalized spacial score (nSPS) is 20.3. The van der Waals surface area contributed by atoms with E-state index in [4.69, 9.17) is 0 Å². The van der Waals surface area contributed by atoms with Crippen LogP contribution < -0.4 is 10.9 Å². The molecule has 4 nitrogen and oxygen atoms in total. The van der Waals surface area contributed by atoms with Crippen LogP contribution in [0.25, 0.3) is 0 Å². The summed E-state index contributed by atoms with van der Waals surface area (Å²) in [5.41, 5.74) is 0.806. The maximum Gasteiger partial charge on any atom is 0.251 e. The molecular weight excluding hydrogens is 246 g/mol. The van der Waals surface area contributed by atoms with Gasteiger partial charge in [0, 0.05) is 18.7 Å². The molecule has 0 aliphatic carbocycles. The van der Waals surface area contributed by atoms with E-state index in [1.54, 1.807) is 6.07 Å². The van der Waals surface area contributed by atoms with Crippen LogP contribution in [0.15, 0.2) is 10.9 Å². The number of hydrogen-bond donors (Lipinski definition) is 2. The number of aromatic nitrogens is 2. The lowest BCUT2D eigenvalue weighted by atomic mass is 10.2. The third-order valence-electron chi connectivity index (χ3n) is 2.99. The lowest BCUT2D eigenvalue weighted by molar-refractivity contribution is 0.575. The van der Waals surface area contributed by atoms with Gasteiger partial charge in [-0.3, -0.25) is 4.79 Å². The van der Waals surface area contributed by atoms with Crippen LogP contribution in [-0.2, 0) is 6.54 Å². The molecule has 1 fully saturated rings. The van der Waals surface area contributed by atoms with Gasteiger partial charge in [-0.25, -0.2) is 4.98 Å². The lowest BCUT2D eigenvalue weighted by Gasteiger charge is -2.20. The summed E-state index contributed by atoms with van der Waals surface area (Å²) in [6, 6.07) is 1.99. The third-order valence-corrected chi connectivity index (χ3v) is 4.37. The Balaban J connectivity index is 2.12. The Kier molecular flexibility index (Phi) is 4.83. The fraction of sp³-hybridized carbons (Fsp3) is 0.692. The Morgan fingerprint density at radius 2 is 2.39 bits per heavy atom. The first-order valence-electron chi connectivity index (χ1n) is 6.60. The number of rotatable bonds is 4. The van der Waals surface area contributed by atoms with Crippen molar-refractivity contribution in [2.24, 2.45) is 0 Å². The molecule has 1 unspecified atom stereocenters. The second-order valence-electron chi connectivity index (χ2n) is 5.01. The predicted octanol–water partition coefficient (Wildman–Crippen LogP) is 2.23. The Hall–Kier alpha value is -0.810. The minimum absolute atomic E-state index is 0.0354. The van der Waals surface area contributed by atoms with E-state index < -0.39 is 0 Å². The van der Waals surface area contributed by atoms with Crippen molar-refractivity contribution in [1.29, 1.82) is 0 Å². The summed E-state index contributed by atoms with van der Waals surface area (Å²) in [4.78, 5) is 19.1. The summed E-state index contributed by atoms with van der Waals surface area (Å²) in [6.45, 7) is 4.84. The highest BCUT2D eigenvalue weighted by Gasteiger charge is 2.18. The van der Waals surface area contributed by atoms with E-state index in [0.29, 0.717) is 17.8 Å². The van der Waals surface area contributed by atoms with Gasteiger partial charge in [-0.05, 0) is 18.6 Å². The van der Waals surface area contributed by atoms with Gasteiger partial charge in [0.2, 0.25) is 0 Å². The van der Waals surface area contributed by atoms with Gasteiger partial charge in [-0.2, -0.15) is 11.8 Å². The van der Waals surface area contributed by atoms with Crippen molar-refractivity contribution in [2.75, 3.05) is 5.75 Å². The molecule has 1 aromatic heterocycles. The van der Waals surface area contributed by atoms with E-state index >= 15 is 0 Å². The molecule has 5 heteroatoms. The minimum atomic E-state index is -0.0354. The highest BCUT2D eigenvalue weighted by molar-refractivity contribution is 7.99. The second-order valence-corrected chi connectivity index (χ2v) is 6.32. The van der Waals surface area contributed by atoms with E-state index in [-0.39, 0.29) is 5.56 Å². The molecule has 0 amide bonds. The first-order valence-corrected chi connectivity index (χ1v) is 7.65. The third kappa shape index (κ3) is 3.85. The van der Waals surface area contributed by atoms with Crippen molar-refractivity contribution in [2.45, 2.75) is 50.9 Å². The Labute approximate surface area is 112 Å². The number of H-pyrrole nitrogens is 1. The van der Waals surface area contributed by atoms with Gasteiger partial charge in [-0.1, -0.05) is 20.3 Å². The molecule has 2 heterocycles. The number of aromatic amines is 1. The SMILES string of the molecule is CC(C)NCc1cc(=O)[nH]c(C2CCCCS2)n1. The molecule has 1 saturated heterocycles. The molecule has 1 aliphatic rings. The van der Waals surface area contributed by atoms with Gasteiger partial charge in [0.1, 0.15) is 5.82 Å². The molecule has 1 aromatic rings. The van der Waals surface area contributed by atoms with E-state index in [2.05, 4.69) is 29.1 Å². The van der Waals surface area contributed by atoms with Crippen molar-refractivity contribution in [3.63, 3.8) is 0 Å². The van der Waals surface area contributed by atoms with Crippen LogP contribution in [0.4, 0.5) is 0 Å². The van der Waals surface area contributed by atoms with Crippen molar-refractivity contribution in [3.8, 4) is 0 Å². The first kappa shape index (κ1) is 13.6. The van der Waals surface area contributed by atoms with Crippen LogP contribution in [0.5, 0.6) is 0 Å². The molecule has 0 aromatic carbocycles. The zero-order valence-corrected chi connectivity index (χ0v) is 11.8. The van der Waals surface area contributed by atoms with Gasteiger partial charge in [0.05, 0.1) is 10.9 Å². The number of thioether (sulfide) groups is 1. The molecule has 0 saturated carbocycles. The van der Waals surface area contributed by atoms with Crippen LogP contribution in [0.2, 0.25) is 0 Å². The van der Waals surface area contributed by atoms with Crippen LogP contribution in [0, 0.1) is 0 Å². The molecule has 0 radical (unpaired) electrons. The highest BCUT2D eigenvalue weighted by atomic mass is 32.2. The largest absolute Gasteiger partial charge is 0.310 e. The summed E-state index contributed by atoms with van der Waals surface area (Å²) in [6.07, 6.45) is 3.63. The Bertz CT molecular complexity index is 438. The average molecular weight is 267 g/mol. The van der Waals surface area contributed by atoms with Gasteiger partial charge < -0.3 is 10.3 Å². The average Bonchev–Trinajstić information content (AvgIpc) is 2.37. The molecular formula is C13H21N3OS. The van der Waals surface area contributed by atoms with Gasteiger partial charge in [0.15, 0.2) is 0 Å². The van der Waals surface area contributed by atoms with Gasteiger partial charge >= 0.3 is 0 Å². The fourth-order valence-electron chi connectivity index (χ4n) is 2.04. The lowest BCUT2D eigenvalue weighted by Crippen LogP contribution is -2.25. The van der Waals surface area contributed by atoms with Crippen LogP contribution in [0.1, 0.15) is 49.9 Å². The van der Waals surface area contributed by atoms with Crippen molar-refractivity contribution >= 4 is 11.8 Å². The number of hydrogen-bond acceptors (Lipinski definition) is 4. The fourth-order valence-corrected chi connectivity index (χ4v) is 3.29. The number of nitrogens with zero attached hydrogens (tertiary/aromatic N) is 1. The zero-order valence-electron chi connectivity index (χ0n) is 11.0. The molecule has 1 aliphatic heterocycles. The summed E-state index contributed by atoms with van der Waals surface area (Å²) in [5, 5.41) is 3.66. The maximum atomic E-state index is 11.7. The topological polar surface area (TPSA) is 57.8 Å². The Morgan fingerprint density at radius 1 is 1.56 bits per heavy atom. The van der Waals surface area contributed by atoms with Crippen LogP contribution in [-0.4, -0.2) is 21.8 Å². The summed E-state index contributed by atoms with van der Waals surface area (Å²) in [5.74, 6) is 2.02. The molecule has 0 spiro atoms. The molecule has 0 bridgehead atoms. The number of nitrogens with one attached hydrogen (secondary N) is 2. The van der Waals surface area contributed by atoms with Crippen LogP contribution >= 0.6 is 11.8 Å². The molecule has 2 N–H and O–H groups in total. The highest BCUT2D eigenvalue weighted by Crippen LogP contribution is 2.36. The van der Waals surface area contributed by atoms with E-state index in [0.717, 1.165) is 17.9 Å². The standard InChI is InChI=1S/C13H21N3OS/c1-9(2)14-8-10-7-12(17)16-13(15-10)11-5-3-4-6-18-11/h7,9,11,14H,3-6,8H2,1-2H3,(H,15,16,17). The van der Waals surface area contributed by atoms with Crippen molar-refractivity contribution in [3.05, 3.63) is 27.9 Å². The first-order chi connectivity index (χ1) is 8.65. The molecule has 1 atom stereocenters. The molecule has 2 rings (SSSR count). The molecule has 100 valence electrons. The maximum absolute atomic E-state index is 11.7. The smallest absolute Gasteiger partial charge is 0.251 e.